The molecule has 5 nitrogen and oxygen atoms in total. The number of nitrogens with zero attached hydrogens (tertiary/aromatic N) is 3. The number of benzene rings is 10. The number of rotatable bonds is 6. The highest BCUT2D eigenvalue weighted by atomic mass is 16.3. The van der Waals surface area contributed by atoms with Crippen LogP contribution in [0.2, 0.25) is 0 Å². The zero-order valence-corrected chi connectivity index (χ0v) is 34.4. The summed E-state index contributed by atoms with van der Waals surface area (Å²) in [7, 11) is 0. The Morgan fingerprint density at radius 1 is 0.266 bits per heavy atom. The summed E-state index contributed by atoms with van der Waals surface area (Å²) in [6.45, 7) is 0. The van der Waals surface area contributed by atoms with E-state index < -0.39 is 0 Å². The van der Waals surface area contributed by atoms with Gasteiger partial charge in [0.1, 0.15) is 22.3 Å². The number of hydrogen-bond acceptors (Lipinski definition) is 5. The summed E-state index contributed by atoms with van der Waals surface area (Å²) in [5.74, 6) is 1.77. The van der Waals surface area contributed by atoms with Crippen LogP contribution >= 0.6 is 0 Å². The number of fused-ring (bicyclic) bond motifs is 8. The number of aromatic nitrogens is 3. The van der Waals surface area contributed by atoms with Crippen LogP contribution in [0.5, 0.6) is 0 Å². The highest BCUT2D eigenvalue weighted by Crippen LogP contribution is 2.42. The van der Waals surface area contributed by atoms with Crippen molar-refractivity contribution in [3.63, 3.8) is 0 Å². The summed E-state index contributed by atoms with van der Waals surface area (Å²) in [5.41, 5.74) is 12.6. The third-order valence-corrected chi connectivity index (χ3v) is 12.5. The monoisotopic (exact) mass is 817 g/mol. The van der Waals surface area contributed by atoms with Gasteiger partial charge in [-0.3, -0.25) is 0 Å². The van der Waals surface area contributed by atoms with Crippen LogP contribution < -0.4 is 0 Å². The first-order valence-electron chi connectivity index (χ1n) is 21.5. The van der Waals surface area contributed by atoms with E-state index in [9.17, 15) is 0 Å². The lowest BCUT2D eigenvalue weighted by molar-refractivity contribution is 0.669. The van der Waals surface area contributed by atoms with Crippen LogP contribution in [0.4, 0.5) is 0 Å². The molecule has 0 saturated heterocycles. The van der Waals surface area contributed by atoms with Crippen molar-refractivity contribution in [1.82, 2.24) is 15.0 Å². The van der Waals surface area contributed by atoms with Gasteiger partial charge in [0.2, 0.25) is 0 Å². The van der Waals surface area contributed by atoms with Crippen molar-refractivity contribution in [2.75, 3.05) is 0 Å². The van der Waals surface area contributed by atoms with Crippen molar-refractivity contribution in [1.29, 1.82) is 0 Å². The highest BCUT2D eigenvalue weighted by Gasteiger charge is 2.20. The van der Waals surface area contributed by atoms with Crippen molar-refractivity contribution in [2.24, 2.45) is 0 Å². The zero-order chi connectivity index (χ0) is 42.1. The van der Waals surface area contributed by atoms with Crippen molar-refractivity contribution in [2.45, 2.75) is 0 Å². The first-order valence-corrected chi connectivity index (χ1v) is 21.5. The summed E-state index contributed by atoms with van der Waals surface area (Å²) in [6.07, 6.45) is 0. The van der Waals surface area contributed by atoms with Crippen molar-refractivity contribution < 1.29 is 8.83 Å². The highest BCUT2D eigenvalue weighted by molar-refractivity contribution is 6.14. The molecule has 0 aliphatic heterocycles. The Labute approximate surface area is 367 Å². The maximum absolute atomic E-state index is 6.73. The molecule has 13 rings (SSSR count). The van der Waals surface area contributed by atoms with Crippen LogP contribution in [0.15, 0.2) is 221 Å². The van der Waals surface area contributed by atoms with E-state index in [1.807, 2.05) is 30.3 Å². The Kier molecular flexibility index (Phi) is 8.15. The minimum Gasteiger partial charge on any atom is -0.456 e. The van der Waals surface area contributed by atoms with E-state index in [0.717, 1.165) is 110 Å². The molecule has 3 aromatic heterocycles. The van der Waals surface area contributed by atoms with Gasteiger partial charge in [-0.1, -0.05) is 170 Å². The van der Waals surface area contributed by atoms with Gasteiger partial charge < -0.3 is 8.83 Å². The Morgan fingerprint density at radius 2 is 0.828 bits per heavy atom. The van der Waals surface area contributed by atoms with Gasteiger partial charge in [0, 0.05) is 43.8 Å². The summed E-state index contributed by atoms with van der Waals surface area (Å²) in [6, 6.07) is 74.0. The summed E-state index contributed by atoms with van der Waals surface area (Å²) in [4.78, 5) is 15.8. The van der Waals surface area contributed by atoms with E-state index in [1.165, 1.54) is 5.39 Å². The normalized spacial score (nSPS) is 11.8. The molecule has 5 heteroatoms. The zero-order valence-electron chi connectivity index (χ0n) is 34.4. The van der Waals surface area contributed by atoms with Gasteiger partial charge in [-0.15, -0.1) is 0 Å². The fourth-order valence-corrected chi connectivity index (χ4v) is 9.40. The lowest BCUT2D eigenvalue weighted by atomic mass is 9.96. The van der Waals surface area contributed by atoms with Crippen LogP contribution in [0.25, 0.3) is 133 Å². The van der Waals surface area contributed by atoms with E-state index >= 15 is 0 Å². The molecule has 0 amide bonds. The van der Waals surface area contributed by atoms with Gasteiger partial charge in [0.15, 0.2) is 17.5 Å². The predicted octanol–water partition coefficient (Wildman–Crippen LogP) is 16.0. The van der Waals surface area contributed by atoms with Crippen molar-refractivity contribution in [3.05, 3.63) is 212 Å². The van der Waals surface area contributed by atoms with Crippen LogP contribution in [-0.4, -0.2) is 15.0 Å². The molecular weight excluding hydrogens is 783 g/mol. The van der Waals surface area contributed by atoms with E-state index in [-0.39, 0.29) is 0 Å². The molecule has 0 spiro atoms. The lowest BCUT2D eigenvalue weighted by Crippen LogP contribution is -2.01. The second kappa shape index (κ2) is 14.5. The van der Waals surface area contributed by atoms with Gasteiger partial charge in [-0.2, -0.15) is 0 Å². The van der Waals surface area contributed by atoms with Crippen LogP contribution in [0, 0.1) is 0 Å². The standard InChI is InChI=1S/C59H35N3O2/c1-2-13-36(14-3-1)37-17-10-18-43(32-37)57-60-58(44-30-28-40-31-42(29-27-41(40)33-44)45-22-12-26-53-55(45)50-21-8-9-25-52(50)63-53)62-59(61-57)49-20-7-6-19-46(49)47-23-11-24-48-51-34-38-15-4-5-16-39(38)35-54(51)64-56(47)48/h1-35H. The third kappa shape index (κ3) is 5.98. The van der Waals surface area contributed by atoms with E-state index in [0.29, 0.717) is 17.5 Å². The van der Waals surface area contributed by atoms with Gasteiger partial charge >= 0.3 is 0 Å². The average molecular weight is 818 g/mol. The maximum atomic E-state index is 6.73. The average Bonchev–Trinajstić information content (AvgIpc) is 3.93. The topological polar surface area (TPSA) is 65.0 Å². The maximum Gasteiger partial charge on any atom is 0.164 e. The summed E-state index contributed by atoms with van der Waals surface area (Å²) < 4.78 is 13.0. The number of furan rings is 2. The molecule has 0 bridgehead atoms. The SMILES string of the molecule is c1ccc(-c2cccc(-c3nc(-c4ccc5cc(-c6cccc7oc8ccccc8c67)ccc5c4)nc(-c4ccccc4-c4cccc5c4oc4cc6ccccc6cc45)n3)c2)cc1. The minimum atomic E-state index is 0.579. The molecule has 0 aliphatic carbocycles. The van der Waals surface area contributed by atoms with E-state index in [2.05, 4.69) is 182 Å². The molecule has 0 radical (unpaired) electrons. The van der Waals surface area contributed by atoms with Crippen LogP contribution in [0.1, 0.15) is 0 Å². The fourth-order valence-electron chi connectivity index (χ4n) is 9.40. The molecule has 0 aliphatic rings. The van der Waals surface area contributed by atoms with Gasteiger partial charge in [-0.25, -0.2) is 15.0 Å². The molecule has 0 fully saturated rings. The second-order valence-corrected chi connectivity index (χ2v) is 16.3. The molecule has 10 aromatic carbocycles. The lowest BCUT2D eigenvalue weighted by Gasteiger charge is -2.13. The minimum absolute atomic E-state index is 0.579. The molecule has 298 valence electrons. The Morgan fingerprint density at radius 3 is 1.69 bits per heavy atom. The quantitative estimate of drug-likeness (QED) is 0.167. The Balaban J connectivity index is 0.968. The molecule has 64 heavy (non-hydrogen) atoms. The predicted molar refractivity (Wildman–Crippen MR) is 262 cm³/mol. The van der Waals surface area contributed by atoms with Crippen LogP contribution in [0.3, 0.4) is 0 Å². The molecule has 13 aromatic rings. The smallest absolute Gasteiger partial charge is 0.164 e. The molecule has 3 heterocycles. The molecular formula is C59H35N3O2. The van der Waals surface area contributed by atoms with Crippen molar-refractivity contribution in [3.8, 4) is 67.5 Å². The first-order chi connectivity index (χ1) is 31.7. The molecule has 0 unspecified atom stereocenters. The van der Waals surface area contributed by atoms with Gasteiger partial charge in [0.25, 0.3) is 0 Å². The number of para-hydroxylation sites is 2. The van der Waals surface area contributed by atoms with Gasteiger partial charge in [0.05, 0.1) is 0 Å². The third-order valence-electron chi connectivity index (χ3n) is 12.5. The molecule has 0 atom stereocenters. The Bertz CT molecular complexity index is 3980. The van der Waals surface area contributed by atoms with Gasteiger partial charge in [-0.05, 0) is 91.8 Å². The Hall–Kier alpha value is -8.67. The van der Waals surface area contributed by atoms with E-state index in [1.54, 1.807) is 0 Å². The largest absolute Gasteiger partial charge is 0.456 e. The van der Waals surface area contributed by atoms with Crippen molar-refractivity contribution >= 4 is 65.4 Å². The molecule has 0 saturated carbocycles. The summed E-state index contributed by atoms with van der Waals surface area (Å²) >= 11 is 0. The fraction of sp³-hybridized carbons (Fsp3) is 0. The number of hydrogen-bond donors (Lipinski definition) is 0. The summed E-state index contributed by atoms with van der Waals surface area (Å²) in [5, 5.41) is 8.93. The van der Waals surface area contributed by atoms with E-state index in [4.69, 9.17) is 23.8 Å². The molecule has 0 N–H and O–H groups in total. The first kappa shape index (κ1) is 36.0. The second-order valence-electron chi connectivity index (χ2n) is 16.3. The van der Waals surface area contributed by atoms with Crippen LogP contribution in [-0.2, 0) is 0 Å².